The largest absolute Gasteiger partial charge is 0.330 e. The van der Waals surface area contributed by atoms with Crippen LogP contribution in [0.25, 0.3) is 0 Å². The molecule has 4 rings (SSSR count). The molecular weight excluding hydrogens is 316 g/mol. The summed E-state index contributed by atoms with van der Waals surface area (Å²) < 4.78 is 2.30. The first-order chi connectivity index (χ1) is 10.8. The zero-order chi connectivity index (χ0) is 15.1. The average Bonchev–Trinajstić information content (AvgIpc) is 3.10. The van der Waals surface area contributed by atoms with Gasteiger partial charge in [0.25, 0.3) is 5.56 Å². The highest BCUT2D eigenvalue weighted by Crippen LogP contribution is 2.39. The van der Waals surface area contributed by atoms with E-state index in [1.165, 1.54) is 18.5 Å². The average molecular weight is 334 g/mol. The smallest absolute Gasteiger partial charge is 0.254 e. The third-order valence-corrected chi connectivity index (χ3v) is 5.87. The van der Waals surface area contributed by atoms with Crippen molar-refractivity contribution in [1.82, 2.24) is 19.5 Å². The van der Waals surface area contributed by atoms with Crippen LogP contribution in [-0.2, 0) is 18.6 Å². The summed E-state index contributed by atoms with van der Waals surface area (Å²) in [4.78, 5) is 24.1. The van der Waals surface area contributed by atoms with Crippen molar-refractivity contribution < 1.29 is 0 Å². The number of aromatic amines is 1. The van der Waals surface area contributed by atoms with Gasteiger partial charge in [0.2, 0.25) is 0 Å². The van der Waals surface area contributed by atoms with E-state index in [9.17, 15) is 4.79 Å². The van der Waals surface area contributed by atoms with E-state index < -0.39 is 0 Å². The van der Waals surface area contributed by atoms with Gasteiger partial charge in [0.15, 0.2) is 5.16 Å². The number of nitrogens with zero attached hydrogens (tertiary/aromatic N) is 3. The van der Waals surface area contributed by atoms with Gasteiger partial charge in [-0.2, -0.15) is 0 Å². The van der Waals surface area contributed by atoms with Crippen LogP contribution in [0.3, 0.4) is 0 Å². The van der Waals surface area contributed by atoms with Crippen LogP contribution in [0.2, 0.25) is 0 Å². The number of H-pyrrole nitrogens is 1. The summed E-state index contributed by atoms with van der Waals surface area (Å²) in [6, 6.07) is 0.621. The maximum Gasteiger partial charge on any atom is 0.254 e. The van der Waals surface area contributed by atoms with E-state index in [2.05, 4.69) is 25.8 Å². The lowest BCUT2D eigenvalue weighted by Crippen LogP contribution is -2.15. The maximum absolute atomic E-state index is 12.1. The van der Waals surface area contributed by atoms with Gasteiger partial charge in [-0.1, -0.05) is 11.8 Å². The van der Waals surface area contributed by atoms with E-state index in [0.29, 0.717) is 6.04 Å². The molecule has 1 N–H and O–H groups in total. The van der Waals surface area contributed by atoms with Crippen molar-refractivity contribution in [2.45, 2.75) is 54.1 Å². The molecule has 0 saturated heterocycles. The lowest BCUT2D eigenvalue weighted by Gasteiger charge is -2.08. The second-order valence-corrected chi connectivity index (χ2v) is 7.54. The lowest BCUT2D eigenvalue weighted by molar-refractivity contribution is 0.709. The van der Waals surface area contributed by atoms with Crippen molar-refractivity contribution in [3.63, 3.8) is 0 Å². The highest BCUT2D eigenvalue weighted by molar-refractivity contribution is 7.99. The van der Waals surface area contributed by atoms with E-state index in [-0.39, 0.29) is 5.56 Å². The van der Waals surface area contributed by atoms with Gasteiger partial charge in [-0.25, -0.2) is 9.97 Å². The monoisotopic (exact) mass is 334 g/mol. The predicted molar refractivity (Wildman–Crippen MR) is 88.7 cm³/mol. The molecule has 0 bridgehead atoms. The van der Waals surface area contributed by atoms with E-state index in [0.717, 1.165) is 46.5 Å². The minimum Gasteiger partial charge on any atom is -0.330 e. The van der Waals surface area contributed by atoms with E-state index in [4.69, 9.17) is 0 Å². The quantitative estimate of drug-likeness (QED) is 0.673. The number of rotatable bonds is 5. The number of aryl methyl sites for hydroxylation is 1. The molecule has 0 aliphatic heterocycles. The van der Waals surface area contributed by atoms with Gasteiger partial charge in [-0.3, -0.25) is 4.79 Å². The molecule has 2 heterocycles. The Morgan fingerprint density at radius 3 is 3.05 bits per heavy atom. The van der Waals surface area contributed by atoms with Crippen LogP contribution in [0, 0.1) is 0 Å². The molecular formula is C15H18N4OS2. The van der Waals surface area contributed by atoms with Gasteiger partial charge >= 0.3 is 0 Å². The number of hydrogen-bond donors (Lipinski definition) is 1. The molecule has 0 radical (unpaired) electrons. The molecule has 2 aliphatic rings. The van der Waals surface area contributed by atoms with E-state index >= 15 is 0 Å². The fraction of sp³-hybridized carbons (Fsp3) is 0.533. The van der Waals surface area contributed by atoms with Crippen molar-refractivity contribution in [2.24, 2.45) is 0 Å². The predicted octanol–water partition coefficient (Wildman–Crippen LogP) is 2.80. The van der Waals surface area contributed by atoms with Crippen molar-refractivity contribution in [2.75, 3.05) is 6.26 Å². The fourth-order valence-corrected chi connectivity index (χ4v) is 4.52. The number of fused-ring (bicyclic) bond motifs is 1. The van der Waals surface area contributed by atoms with Gasteiger partial charge in [0.1, 0.15) is 5.03 Å². The van der Waals surface area contributed by atoms with Crippen LogP contribution < -0.4 is 5.56 Å². The van der Waals surface area contributed by atoms with Crippen LogP contribution in [0.4, 0.5) is 0 Å². The normalized spacial score (nSPS) is 17.0. The molecule has 1 saturated carbocycles. The zero-order valence-electron chi connectivity index (χ0n) is 12.5. The molecule has 0 aromatic carbocycles. The van der Waals surface area contributed by atoms with Gasteiger partial charge in [-0.15, -0.1) is 11.8 Å². The van der Waals surface area contributed by atoms with E-state index in [1.807, 2.05) is 6.33 Å². The Bertz CT molecular complexity index is 763. The van der Waals surface area contributed by atoms with Gasteiger partial charge < -0.3 is 9.55 Å². The first-order valence-electron chi connectivity index (χ1n) is 7.61. The van der Waals surface area contributed by atoms with Gasteiger partial charge in [0, 0.05) is 17.4 Å². The van der Waals surface area contributed by atoms with Gasteiger partial charge in [0.05, 0.1) is 17.7 Å². The Labute approximate surface area is 137 Å². The van der Waals surface area contributed by atoms with Crippen molar-refractivity contribution in [3.05, 3.63) is 33.6 Å². The van der Waals surface area contributed by atoms with Gasteiger partial charge in [-0.05, 0) is 38.4 Å². The van der Waals surface area contributed by atoms with Crippen molar-refractivity contribution in [3.8, 4) is 0 Å². The number of aromatic nitrogens is 4. The summed E-state index contributed by atoms with van der Waals surface area (Å²) in [5.74, 6) is 0.800. The molecule has 2 aromatic heterocycles. The molecule has 0 unspecified atom stereocenters. The Morgan fingerprint density at radius 1 is 1.41 bits per heavy atom. The van der Waals surface area contributed by atoms with Crippen LogP contribution in [0.1, 0.15) is 42.3 Å². The number of hydrogen-bond acceptors (Lipinski definition) is 5. The molecule has 2 aliphatic carbocycles. The first kappa shape index (κ1) is 14.4. The zero-order valence-corrected chi connectivity index (χ0v) is 14.1. The molecule has 22 heavy (non-hydrogen) atoms. The summed E-state index contributed by atoms with van der Waals surface area (Å²) >= 11 is 3.29. The fourth-order valence-electron chi connectivity index (χ4n) is 2.97. The van der Waals surface area contributed by atoms with E-state index in [1.54, 1.807) is 23.5 Å². The Balaban J connectivity index is 1.57. The minimum absolute atomic E-state index is 0.0470. The standard InChI is InChI=1S/C15H18N4OS2/c1-21-14-12(19(8-16-14)9-5-6-9)7-22-15-17-11-4-2-3-10(11)13(20)18-15/h8-9H,2-7H2,1H3,(H,17,18,20). The van der Waals surface area contributed by atoms with Crippen LogP contribution in [-0.4, -0.2) is 25.8 Å². The summed E-state index contributed by atoms with van der Waals surface area (Å²) in [5.41, 5.74) is 3.18. The van der Waals surface area contributed by atoms with Crippen LogP contribution in [0.5, 0.6) is 0 Å². The summed E-state index contributed by atoms with van der Waals surface area (Å²) in [7, 11) is 0. The highest BCUT2D eigenvalue weighted by atomic mass is 32.2. The molecule has 7 heteroatoms. The lowest BCUT2D eigenvalue weighted by atomic mass is 10.3. The molecule has 0 amide bonds. The number of thioether (sulfide) groups is 2. The molecule has 0 spiro atoms. The third-order valence-electron chi connectivity index (χ3n) is 4.26. The topological polar surface area (TPSA) is 63.6 Å². The third kappa shape index (κ3) is 2.60. The van der Waals surface area contributed by atoms with Crippen molar-refractivity contribution in [1.29, 1.82) is 0 Å². The van der Waals surface area contributed by atoms with Crippen molar-refractivity contribution >= 4 is 23.5 Å². The molecule has 0 atom stereocenters. The Morgan fingerprint density at radius 2 is 2.27 bits per heavy atom. The van der Waals surface area contributed by atoms with Crippen LogP contribution >= 0.6 is 23.5 Å². The number of imidazole rings is 1. The molecule has 116 valence electrons. The second kappa shape index (κ2) is 5.77. The minimum atomic E-state index is 0.0470. The SMILES string of the molecule is CSc1ncn(C2CC2)c1CSc1nc2c(c(=O)[nH]1)CCC2. The Kier molecular flexibility index (Phi) is 3.78. The summed E-state index contributed by atoms with van der Waals surface area (Å²) in [6.07, 6.45) is 9.36. The summed E-state index contributed by atoms with van der Waals surface area (Å²) in [6.45, 7) is 0. The highest BCUT2D eigenvalue weighted by Gasteiger charge is 2.27. The maximum atomic E-state index is 12.1. The summed E-state index contributed by atoms with van der Waals surface area (Å²) in [5, 5.41) is 1.82. The molecule has 2 aromatic rings. The van der Waals surface area contributed by atoms with Crippen LogP contribution in [0.15, 0.2) is 21.3 Å². The number of nitrogens with one attached hydrogen (secondary N) is 1. The molecule has 1 fully saturated rings. The first-order valence-corrected chi connectivity index (χ1v) is 9.82. The molecule has 5 nitrogen and oxygen atoms in total. The Hall–Kier alpha value is -1.21. The second-order valence-electron chi connectivity index (χ2n) is 5.78.